The lowest BCUT2D eigenvalue weighted by molar-refractivity contribution is -0.239. The van der Waals surface area contributed by atoms with Gasteiger partial charge in [0, 0.05) is 0 Å². The molecule has 0 aromatic rings. The number of hydrogen-bond acceptors (Lipinski definition) is 3. The third-order valence-electron chi connectivity index (χ3n) is 4.82. The summed E-state index contributed by atoms with van der Waals surface area (Å²) in [4.78, 5) is 15.1. The lowest BCUT2D eigenvalue weighted by Crippen LogP contribution is -2.15. The molecule has 0 fully saturated rings. The first-order chi connectivity index (χ1) is 11.3. The van der Waals surface area contributed by atoms with Crippen LogP contribution < -0.4 is 0 Å². The van der Waals surface area contributed by atoms with Gasteiger partial charge in [-0.15, -0.1) is 0 Å². The van der Waals surface area contributed by atoms with Gasteiger partial charge in [-0.25, -0.2) is 4.79 Å². The highest BCUT2D eigenvalue weighted by Crippen LogP contribution is 2.17. The molecule has 0 saturated carbocycles. The Bertz CT molecular complexity index is 253. The first-order valence-corrected chi connectivity index (χ1v) is 10.1. The van der Waals surface area contributed by atoms with Crippen molar-refractivity contribution in [3.8, 4) is 0 Å². The Morgan fingerprint density at radius 3 is 1.48 bits per heavy atom. The van der Waals surface area contributed by atoms with E-state index in [1.54, 1.807) is 0 Å². The van der Waals surface area contributed by atoms with Gasteiger partial charge in [0.1, 0.15) is 0 Å². The Kier molecular flexibility index (Phi) is 17.3. The fraction of sp³-hybridized carbons (Fsp3) is 0.950. The minimum Gasteiger partial charge on any atom is -0.301 e. The van der Waals surface area contributed by atoms with E-state index >= 15 is 0 Å². The topological polar surface area (TPSA) is 46.5 Å². The SMILES string of the molecule is CCCCCCCCCCCCCCCCC(CC)C(=O)OO. The van der Waals surface area contributed by atoms with Crippen molar-refractivity contribution in [1.29, 1.82) is 0 Å². The summed E-state index contributed by atoms with van der Waals surface area (Å²) in [5, 5.41) is 8.40. The van der Waals surface area contributed by atoms with Crippen LogP contribution in [0.3, 0.4) is 0 Å². The number of unbranched alkanes of at least 4 members (excludes halogenated alkanes) is 13. The predicted octanol–water partition coefficient (Wildman–Crippen LogP) is 6.90. The number of rotatable bonds is 17. The highest BCUT2D eigenvalue weighted by Gasteiger charge is 2.17. The summed E-state index contributed by atoms with van der Waals surface area (Å²) in [5.74, 6) is -0.598. The van der Waals surface area contributed by atoms with Crippen LogP contribution in [0, 0.1) is 5.92 Å². The number of carbonyl (C=O) groups excluding carboxylic acids is 1. The highest BCUT2D eigenvalue weighted by atomic mass is 17.1. The minimum atomic E-state index is -0.470. The number of hydrogen-bond donors (Lipinski definition) is 1. The molecular weight excluding hydrogens is 288 g/mol. The maximum Gasteiger partial charge on any atom is 0.345 e. The largest absolute Gasteiger partial charge is 0.345 e. The quantitative estimate of drug-likeness (QED) is 0.179. The second-order valence-electron chi connectivity index (χ2n) is 6.90. The van der Waals surface area contributed by atoms with E-state index in [0.29, 0.717) is 0 Å². The first kappa shape index (κ1) is 22.4. The van der Waals surface area contributed by atoms with Crippen molar-refractivity contribution in [3.63, 3.8) is 0 Å². The van der Waals surface area contributed by atoms with E-state index in [4.69, 9.17) is 5.26 Å². The zero-order chi connectivity index (χ0) is 17.2. The van der Waals surface area contributed by atoms with E-state index in [1.807, 2.05) is 6.92 Å². The van der Waals surface area contributed by atoms with Gasteiger partial charge in [-0.2, -0.15) is 5.26 Å². The Morgan fingerprint density at radius 1 is 0.739 bits per heavy atom. The maximum atomic E-state index is 11.2. The van der Waals surface area contributed by atoms with Crippen molar-refractivity contribution in [2.24, 2.45) is 5.92 Å². The van der Waals surface area contributed by atoms with Gasteiger partial charge in [-0.1, -0.05) is 104 Å². The predicted molar refractivity (Wildman–Crippen MR) is 97.4 cm³/mol. The summed E-state index contributed by atoms with van der Waals surface area (Å²) in [7, 11) is 0. The standard InChI is InChI=1S/C20H40O3/c1-3-5-6-7-8-9-10-11-12-13-14-15-16-17-18-19(4-2)20(21)23-22/h19,22H,3-18H2,1-2H3. The molecule has 138 valence electrons. The fourth-order valence-electron chi connectivity index (χ4n) is 3.15. The minimum absolute atomic E-state index is 0.127. The Labute approximate surface area is 144 Å². The highest BCUT2D eigenvalue weighted by molar-refractivity contribution is 5.71. The summed E-state index contributed by atoms with van der Waals surface area (Å²) in [6, 6.07) is 0. The second-order valence-corrected chi connectivity index (χ2v) is 6.90. The zero-order valence-corrected chi connectivity index (χ0v) is 15.7. The van der Waals surface area contributed by atoms with E-state index < -0.39 is 5.97 Å². The number of carbonyl (C=O) groups is 1. The van der Waals surface area contributed by atoms with Gasteiger partial charge in [-0.05, 0) is 12.8 Å². The van der Waals surface area contributed by atoms with E-state index in [1.165, 1.54) is 83.5 Å². The van der Waals surface area contributed by atoms with Crippen molar-refractivity contribution < 1.29 is 14.9 Å². The molecule has 3 nitrogen and oxygen atoms in total. The molecule has 0 amide bonds. The van der Waals surface area contributed by atoms with Crippen LogP contribution in [-0.4, -0.2) is 11.2 Å². The maximum absolute atomic E-state index is 11.2. The lowest BCUT2D eigenvalue weighted by atomic mass is 9.98. The van der Waals surface area contributed by atoms with E-state index in [9.17, 15) is 4.79 Å². The third kappa shape index (κ3) is 14.7. The fourth-order valence-corrected chi connectivity index (χ4v) is 3.15. The van der Waals surface area contributed by atoms with Crippen LogP contribution in [0.25, 0.3) is 0 Å². The van der Waals surface area contributed by atoms with Crippen molar-refractivity contribution in [1.82, 2.24) is 0 Å². The van der Waals surface area contributed by atoms with Crippen LogP contribution in [0.2, 0.25) is 0 Å². The van der Waals surface area contributed by atoms with Crippen molar-refractivity contribution in [3.05, 3.63) is 0 Å². The van der Waals surface area contributed by atoms with Crippen molar-refractivity contribution in [2.75, 3.05) is 0 Å². The van der Waals surface area contributed by atoms with Crippen LogP contribution in [-0.2, 0) is 9.68 Å². The summed E-state index contributed by atoms with van der Waals surface area (Å²) in [6.07, 6.45) is 20.4. The summed E-state index contributed by atoms with van der Waals surface area (Å²) < 4.78 is 0. The van der Waals surface area contributed by atoms with Crippen molar-refractivity contribution in [2.45, 2.75) is 117 Å². The van der Waals surface area contributed by atoms with Crippen molar-refractivity contribution >= 4 is 5.97 Å². The smallest absolute Gasteiger partial charge is 0.301 e. The van der Waals surface area contributed by atoms with Gasteiger partial charge in [-0.3, -0.25) is 0 Å². The molecule has 0 bridgehead atoms. The van der Waals surface area contributed by atoms with Crippen LogP contribution in [0.1, 0.15) is 117 Å². The lowest BCUT2D eigenvalue weighted by Gasteiger charge is -2.10. The van der Waals surface area contributed by atoms with Gasteiger partial charge >= 0.3 is 5.97 Å². The molecule has 0 saturated heterocycles. The molecular formula is C20H40O3. The Morgan fingerprint density at radius 2 is 1.13 bits per heavy atom. The molecule has 0 aromatic carbocycles. The summed E-state index contributed by atoms with van der Waals surface area (Å²) in [6.45, 7) is 4.23. The van der Waals surface area contributed by atoms with Gasteiger partial charge in [0.05, 0.1) is 5.92 Å². The van der Waals surface area contributed by atoms with Crippen LogP contribution >= 0.6 is 0 Å². The van der Waals surface area contributed by atoms with Gasteiger partial charge < -0.3 is 4.89 Å². The molecule has 0 aliphatic carbocycles. The summed E-state index contributed by atoms with van der Waals surface area (Å²) >= 11 is 0. The van der Waals surface area contributed by atoms with Crippen LogP contribution in [0.5, 0.6) is 0 Å². The van der Waals surface area contributed by atoms with E-state index in [2.05, 4.69) is 11.8 Å². The Balaban J connectivity index is 3.20. The molecule has 0 aliphatic rings. The van der Waals surface area contributed by atoms with E-state index in [-0.39, 0.29) is 5.92 Å². The molecule has 23 heavy (non-hydrogen) atoms. The molecule has 3 heteroatoms. The molecule has 0 radical (unpaired) electrons. The molecule has 0 heterocycles. The zero-order valence-electron chi connectivity index (χ0n) is 15.7. The Hall–Kier alpha value is -0.570. The normalized spacial score (nSPS) is 12.3. The first-order valence-electron chi connectivity index (χ1n) is 10.1. The third-order valence-corrected chi connectivity index (χ3v) is 4.82. The monoisotopic (exact) mass is 328 g/mol. The molecule has 1 unspecified atom stereocenters. The molecule has 0 aromatic heterocycles. The molecule has 0 spiro atoms. The molecule has 1 N–H and O–H groups in total. The van der Waals surface area contributed by atoms with Gasteiger partial charge in [0.25, 0.3) is 0 Å². The van der Waals surface area contributed by atoms with Gasteiger partial charge in [0.2, 0.25) is 0 Å². The molecule has 1 atom stereocenters. The van der Waals surface area contributed by atoms with Gasteiger partial charge in [0.15, 0.2) is 0 Å². The second kappa shape index (κ2) is 17.8. The average Bonchev–Trinajstić information content (AvgIpc) is 2.58. The average molecular weight is 329 g/mol. The van der Waals surface area contributed by atoms with Crippen LogP contribution in [0.4, 0.5) is 0 Å². The van der Waals surface area contributed by atoms with E-state index in [0.717, 1.165) is 19.3 Å². The molecule has 0 rings (SSSR count). The summed E-state index contributed by atoms with van der Waals surface area (Å²) in [5.41, 5.74) is 0. The van der Waals surface area contributed by atoms with Crippen LogP contribution in [0.15, 0.2) is 0 Å². The molecule has 0 aliphatic heterocycles.